The van der Waals surface area contributed by atoms with Gasteiger partial charge in [0.25, 0.3) is 0 Å². The molecule has 1 N–H and O–H groups in total. The number of nitrogens with one attached hydrogen (secondary N) is 1. The molecule has 0 bridgehead atoms. The van der Waals surface area contributed by atoms with Crippen LogP contribution < -0.4 is 5.32 Å². The SMILES string of the molecule is O=C(CC1COC(=O)C1)NC1CC1. The van der Waals surface area contributed by atoms with E-state index in [-0.39, 0.29) is 17.8 Å². The average Bonchev–Trinajstić information content (AvgIpc) is 2.76. The Morgan fingerprint density at radius 1 is 1.54 bits per heavy atom. The zero-order valence-electron chi connectivity index (χ0n) is 7.41. The Labute approximate surface area is 76.6 Å². The minimum Gasteiger partial charge on any atom is -0.465 e. The average molecular weight is 183 g/mol. The van der Waals surface area contributed by atoms with E-state index in [1.165, 1.54) is 0 Å². The molecule has 1 amide bonds. The van der Waals surface area contributed by atoms with Gasteiger partial charge in [0, 0.05) is 18.4 Å². The van der Waals surface area contributed by atoms with Crippen LogP contribution in [0.4, 0.5) is 0 Å². The molecule has 1 saturated carbocycles. The molecule has 1 aliphatic heterocycles. The van der Waals surface area contributed by atoms with Gasteiger partial charge in [-0.25, -0.2) is 0 Å². The highest BCUT2D eigenvalue weighted by molar-refractivity contribution is 5.79. The molecular weight excluding hydrogens is 170 g/mol. The number of carbonyl (C=O) groups excluding carboxylic acids is 2. The van der Waals surface area contributed by atoms with E-state index >= 15 is 0 Å². The maximum Gasteiger partial charge on any atom is 0.306 e. The number of cyclic esters (lactones) is 1. The summed E-state index contributed by atoms with van der Waals surface area (Å²) in [5.74, 6) is -0.0127. The van der Waals surface area contributed by atoms with Crippen molar-refractivity contribution >= 4 is 11.9 Å². The molecule has 1 aliphatic carbocycles. The van der Waals surface area contributed by atoms with Crippen LogP contribution in [0.15, 0.2) is 0 Å². The van der Waals surface area contributed by atoms with E-state index in [2.05, 4.69) is 5.32 Å². The quantitative estimate of drug-likeness (QED) is 0.637. The number of ether oxygens (including phenoxy) is 1. The van der Waals surface area contributed by atoms with Crippen LogP contribution in [0, 0.1) is 5.92 Å². The minimum absolute atomic E-state index is 0.0609. The van der Waals surface area contributed by atoms with Gasteiger partial charge in [-0.2, -0.15) is 0 Å². The van der Waals surface area contributed by atoms with Gasteiger partial charge >= 0.3 is 5.97 Å². The lowest BCUT2D eigenvalue weighted by atomic mass is 10.0. The van der Waals surface area contributed by atoms with E-state index in [1.807, 2.05) is 0 Å². The summed E-state index contributed by atoms with van der Waals surface area (Å²) in [6.45, 7) is 0.414. The summed E-state index contributed by atoms with van der Waals surface area (Å²) in [7, 11) is 0. The normalized spacial score (nSPS) is 27.1. The van der Waals surface area contributed by atoms with Crippen molar-refractivity contribution in [1.82, 2.24) is 5.32 Å². The second-order valence-corrected chi connectivity index (χ2v) is 3.80. The number of carbonyl (C=O) groups is 2. The molecular formula is C9H13NO3. The van der Waals surface area contributed by atoms with Gasteiger partial charge < -0.3 is 10.1 Å². The van der Waals surface area contributed by atoms with Crippen LogP contribution in [0.1, 0.15) is 25.7 Å². The van der Waals surface area contributed by atoms with Crippen molar-refractivity contribution in [3.8, 4) is 0 Å². The van der Waals surface area contributed by atoms with Crippen LogP contribution in [-0.2, 0) is 14.3 Å². The molecule has 2 aliphatic rings. The van der Waals surface area contributed by atoms with Gasteiger partial charge in [-0.15, -0.1) is 0 Å². The number of esters is 1. The molecule has 1 saturated heterocycles. The lowest BCUT2D eigenvalue weighted by Gasteiger charge is -2.05. The highest BCUT2D eigenvalue weighted by Crippen LogP contribution is 2.21. The number of hydrogen-bond acceptors (Lipinski definition) is 3. The minimum atomic E-state index is -0.177. The van der Waals surface area contributed by atoms with E-state index in [0.717, 1.165) is 12.8 Å². The van der Waals surface area contributed by atoms with Gasteiger partial charge in [-0.3, -0.25) is 9.59 Å². The van der Waals surface area contributed by atoms with E-state index < -0.39 is 0 Å². The number of hydrogen-bond donors (Lipinski definition) is 1. The first kappa shape index (κ1) is 8.53. The zero-order chi connectivity index (χ0) is 9.26. The molecule has 0 aromatic heterocycles. The van der Waals surface area contributed by atoms with Gasteiger partial charge in [0.1, 0.15) is 0 Å². The summed E-state index contributed by atoms with van der Waals surface area (Å²) >= 11 is 0. The van der Waals surface area contributed by atoms with Crippen LogP contribution in [0.25, 0.3) is 0 Å². The molecule has 4 nitrogen and oxygen atoms in total. The maximum absolute atomic E-state index is 11.3. The van der Waals surface area contributed by atoms with Crippen molar-refractivity contribution in [2.24, 2.45) is 5.92 Å². The van der Waals surface area contributed by atoms with Gasteiger partial charge in [0.2, 0.25) is 5.91 Å². The predicted octanol–water partition coefficient (Wildman–Crippen LogP) is 0.218. The van der Waals surface area contributed by atoms with Crippen molar-refractivity contribution in [1.29, 1.82) is 0 Å². The second kappa shape index (κ2) is 3.36. The topological polar surface area (TPSA) is 55.4 Å². The Morgan fingerprint density at radius 2 is 2.31 bits per heavy atom. The summed E-state index contributed by atoms with van der Waals surface area (Å²) in [5, 5.41) is 2.89. The first-order chi connectivity index (χ1) is 6.24. The fourth-order valence-corrected chi connectivity index (χ4v) is 1.47. The highest BCUT2D eigenvalue weighted by atomic mass is 16.5. The molecule has 1 heterocycles. The van der Waals surface area contributed by atoms with Gasteiger partial charge in [0.15, 0.2) is 0 Å². The first-order valence-electron chi connectivity index (χ1n) is 4.69. The molecule has 1 atom stereocenters. The largest absolute Gasteiger partial charge is 0.465 e. The maximum atomic E-state index is 11.3. The predicted molar refractivity (Wildman–Crippen MR) is 44.8 cm³/mol. The molecule has 2 fully saturated rings. The summed E-state index contributed by atoms with van der Waals surface area (Å²) in [5.41, 5.74) is 0. The standard InChI is InChI=1S/C9H13NO3/c11-8(10-7-1-2-7)3-6-4-9(12)13-5-6/h6-7H,1-5H2,(H,10,11). The fourth-order valence-electron chi connectivity index (χ4n) is 1.47. The van der Waals surface area contributed by atoms with E-state index in [4.69, 9.17) is 4.74 Å². The number of amides is 1. The third-order valence-corrected chi connectivity index (χ3v) is 2.35. The molecule has 0 radical (unpaired) electrons. The second-order valence-electron chi connectivity index (χ2n) is 3.80. The molecule has 72 valence electrons. The number of rotatable bonds is 3. The molecule has 13 heavy (non-hydrogen) atoms. The fraction of sp³-hybridized carbons (Fsp3) is 0.778. The molecule has 0 aromatic rings. The molecule has 0 spiro atoms. The lowest BCUT2D eigenvalue weighted by Crippen LogP contribution is -2.27. The monoisotopic (exact) mass is 183 g/mol. The Balaban J connectivity index is 1.70. The van der Waals surface area contributed by atoms with E-state index in [1.54, 1.807) is 0 Å². The molecule has 1 unspecified atom stereocenters. The Morgan fingerprint density at radius 3 is 2.85 bits per heavy atom. The van der Waals surface area contributed by atoms with Crippen LogP contribution in [0.3, 0.4) is 0 Å². The Bertz CT molecular complexity index is 235. The van der Waals surface area contributed by atoms with Crippen molar-refractivity contribution < 1.29 is 14.3 Å². The molecule has 2 rings (SSSR count). The van der Waals surface area contributed by atoms with Crippen LogP contribution in [-0.4, -0.2) is 24.5 Å². The van der Waals surface area contributed by atoms with Crippen molar-refractivity contribution in [3.05, 3.63) is 0 Å². The third-order valence-electron chi connectivity index (χ3n) is 2.35. The summed E-state index contributed by atoms with van der Waals surface area (Å²) in [4.78, 5) is 22.0. The summed E-state index contributed by atoms with van der Waals surface area (Å²) < 4.78 is 4.77. The van der Waals surface area contributed by atoms with Gasteiger partial charge in [-0.05, 0) is 12.8 Å². The Hall–Kier alpha value is -1.06. The van der Waals surface area contributed by atoms with Crippen LogP contribution in [0.5, 0.6) is 0 Å². The summed E-state index contributed by atoms with van der Waals surface area (Å²) in [6.07, 6.45) is 3.04. The van der Waals surface area contributed by atoms with E-state index in [0.29, 0.717) is 25.5 Å². The van der Waals surface area contributed by atoms with Gasteiger partial charge in [0.05, 0.1) is 13.0 Å². The molecule has 0 aromatic carbocycles. The Kier molecular flexibility index (Phi) is 2.20. The smallest absolute Gasteiger partial charge is 0.306 e. The lowest BCUT2D eigenvalue weighted by molar-refractivity contribution is -0.138. The van der Waals surface area contributed by atoms with E-state index in [9.17, 15) is 9.59 Å². The highest BCUT2D eigenvalue weighted by Gasteiger charge is 2.28. The third kappa shape index (κ3) is 2.44. The van der Waals surface area contributed by atoms with Crippen molar-refractivity contribution in [2.45, 2.75) is 31.7 Å². The van der Waals surface area contributed by atoms with Crippen LogP contribution >= 0.6 is 0 Å². The van der Waals surface area contributed by atoms with Crippen LogP contribution in [0.2, 0.25) is 0 Å². The zero-order valence-corrected chi connectivity index (χ0v) is 7.41. The van der Waals surface area contributed by atoms with Gasteiger partial charge in [-0.1, -0.05) is 0 Å². The first-order valence-corrected chi connectivity index (χ1v) is 4.69. The molecule has 4 heteroatoms. The summed E-state index contributed by atoms with van der Waals surface area (Å²) in [6, 6.07) is 0.408. The van der Waals surface area contributed by atoms with Crippen molar-refractivity contribution in [2.75, 3.05) is 6.61 Å². The van der Waals surface area contributed by atoms with Crippen molar-refractivity contribution in [3.63, 3.8) is 0 Å².